The number of benzene rings is 1. The molecule has 0 aliphatic rings. The van der Waals surface area contributed by atoms with E-state index in [1.54, 1.807) is 0 Å². The summed E-state index contributed by atoms with van der Waals surface area (Å²) in [4.78, 5) is 4.66. The number of aliphatic imine (C=N–C) groups is 1. The molecule has 0 saturated carbocycles. The first-order valence-electron chi connectivity index (χ1n) is 7.98. The van der Waals surface area contributed by atoms with Crippen LogP contribution in [0.3, 0.4) is 0 Å². The van der Waals surface area contributed by atoms with E-state index in [1.165, 1.54) is 11.1 Å². The summed E-state index contributed by atoms with van der Waals surface area (Å²) in [5.74, 6) is 0.875. The van der Waals surface area contributed by atoms with Gasteiger partial charge >= 0.3 is 0 Å². The van der Waals surface area contributed by atoms with Gasteiger partial charge in [-0.3, -0.25) is 0 Å². The summed E-state index contributed by atoms with van der Waals surface area (Å²) in [5.41, 5.74) is 2.67. The molecule has 1 rings (SSSR count). The lowest BCUT2D eigenvalue weighted by Gasteiger charge is -2.12. The van der Waals surface area contributed by atoms with E-state index in [1.807, 2.05) is 6.92 Å². The Bertz CT molecular complexity index is 418. The average molecular weight is 291 g/mol. The predicted molar refractivity (Wildman–Crippen MR) is 89.7 cm³/mol. The lowest BCUT2D eigenvalue weighted by atomic mass is 10.1. The minimum absolute atomic E-state index is 0.713. The van der Waals surface area contributed by atoms with Crippen LogP contribution in [-0.2, 0) is 17.7 Å². The molecule has 0 bridgehead atoms. The second kappa shape index (κ2) is 11.1. The minimum atomic E-state index is 0.713. The molecular formula is C17H29N3O. The van der Waals surface area contributed by atoms with E-state index >= 15 is 0 Å². The van der Waals surface area contributed by atoms with E-state index in [2.05, 4.69) is 53.7 Å². The highest BCUT2D eigenvalue weighted by molar-refractivity contribution is 5.79. The summed E-state index contributed by atoms with van der Waals surface area (Å²) in [5, 5.41) is 6.63. The number of hydrogen-bond acceptors (Lipinski definition) is 2. The highest BCUT2D eigenvalue weighted by Crippen LogP contribution is 2.10. The number of hydrogen-bond donors (Lipinski definition) is 2. The zero-order valence-electron chi connectivity index (χ0n) is 13.6. The van der Waals surface area contributed by atoms with Gasteiger partial charge in [-0.05, 0) is 37.8 Å². The molecule has 0 spiro atoms. The van der Waals surface area contributed by atoms with E-state index in [-0.39, 0.29) is 0 Å². The second-order valence-electron chi connectivity index (χ2n) is 4.79. The van der Waals surface area contributed by atoms with Crippen molar-refractivity contribution in [3.05, 3.63) is 35.4 Å². The molecule has 0 radical (unpaired) electrons. The fourth-order valence-electron chi connectivity index (χ4n) is 2.09. The Balaban J connectivity index is 2.50. The van der Waals surface area contributed by atoms with Gasteiger partial charge in [0.15, 0.2) is 5.96 Å². The molecular weight excluding hydrogens is 262 g/mol. The third kappa shape index (κ3) is 7.14. The van der Waals surface area contributed by atoms with Crippen molar-refractivity contribution in [2.24, 2.45) is 4.99 Å². The number of rotatable bonds is 9. The van der Waals surface area contributed by atoms with E-state index in [0.717, 1.165) is 45.1 Å². The maximum absolute atomic E-state index is 5.33. The Morgan fingerprint density at radius 3 is 2.52 bits per heavy atom. The monoisotopic (exact) mass is 291 g/mol. The molecule has 0 saturated heterocycles. The Morgan fingerprint density at radius 1 is 1.10 bits per heavy atom. The first kappa shape index (κ1) is 17.5. The van der Waals surface area contributed by atoms with Gasteiger partial charge in [0.1, 0.15) is 0 Å². The standard InChI is InChI=1S/C17H29N3O/c1-4-15-10-7-8-11-16(15)14-20-17(18-5-2)19-12-9-13-21-6-3/h7-8,10-11H,4-6,9,12-14H2,1-3H3,(H2,18,19,20). The molecule has 0 aliphatic carbocycles. The Hall–Kier alpha value is -1.55. The maximum atomic E-state index is 5.33. The van der Waals surface area contributed by atoms with Crippen molar-refractivity contribution in [3.63, 3.8) is 0 Å². The number of ether oxygens (including phenoxy) is 1. The van der Waals surface area contributed by atoms with Gasteiger partial charge in [0.2, 0.25) is 0 Å². The van der Waals surface area contributed by atoms with Crippen LogP contribution in [-0.4, -0.2) is 32.3 Å². The SMILES string of the molecule is CCNC(=NCc1ccccc1CC)NCCCOCC. The molecule has 21 heavy (non-hydrogen) atoms. The fraction of sp³-hybridized carbons (Fsp3) is 0.588. The predicted octanol–water partition coefficient (Wildman–Crippen LogP) is 2.73. The lowest BCUT2D eigenvalue weighted by molar-refractivity contribution is 0.145. The van der Waals surface area contributed by atoms with Crippen LogP contribution >= 0.6 is 0 Å². The van der Waals surface area contributed by atoms with Crippen LogP contribution in [0.1, 0.15) is 38.3 Å². The zero-order valence-corrected chi connectivity index (χ0v) is 13.6. The zero-order chi connectivity index (χ0) is 15.3. The van der Waals surface area contributed by atoms with Crippen LogP contribution in [0.4, 0.5) is 0 Å². The number of nitrogens with zero attached hydrogens (tertiary/aromatic N) is 1. The number of guanidine groups is 1. The summed E-state index contributed by atoms with van der Waals surface area (Å²) in [7, 11) is 0. The van der Waals surface area contributed by atoms with E-state index in [4.69, 9.17) is 4.74 Å². The summed E-state index contributed by atoms with van der Waals surface area (Å²) >= 11 is 0. The summed E-state index contributed by atoms with van der Waals surface area (Å²) in [6, 6.07) is 8.49. The molecule has 4 nitrogen and oxygen atoms in total. The van der Waals surface area contributed by atoms with Gasteiger partial charge in [-0.1, -0.05) is 31.2 Å². The highest BCUT2D eigenvalue weighted by atomic mass is 16.5. The Morgan fingerprint density at radius 2 is 1.86 bits per heavy atom. The quantitative estimate of drug-likeness (QED) is 0.418. The third-order valence-corrected chi connectivity index (χ3v) is 3.21. The maximum Gasteiger partial charge on any atom is 0.191 e. The molecule has 0 amide bonds. The van der Waals surface area contributed by atoms with Crippen molar-refractivity contribution in [2.45, 2.75) is 40.2 Å². The first-order chi connectivity index (χ1) is 10.3. The first-order valence-corrected chi connectivity index (χ1v) is 7.98. The van der Waals surface area contributed by atoms with Crippen molar-refractivity contribution in [1.29, 1.82) is 0 Å². The highest BCUT2D eigenvalue weighted by Gasteiger charge is 2.00. The van der Waals surface area contributed by atoms with Crippen molar-refractivity contribution in [1.82, 2.24) is 10.6 Å². The number of aryl methyl sites for hydroxylation is 1. The average Bonchev–Trinajstić information content (AvgIpc) is 2.52. The summed E-state index contributed by atoms with van der Waals surface area (Å²) < 4.78 is 5.33. The van der Waals surface area contributed by atoms with Crippen molar-refractivity contribution >= 4 is 5.96 Å². The van der Waals surface area contributed by atoms with E-state index < -0.39 is 0 Å². The van der Waals surface area contributed by atoms with Crippen LogP contribution in [0.2, 0.25) is 0 Å². The van der Waals surface area contributed by atoms with Crippen LogP contribution in [0.15, 0.2) is 29.3 Å². The van der Waals surface area contributed by atoms with E-state index in [0.29, 0.717) is 6.54 Å². The third-order valence-electron chi connectivity index (χ3n) is 3.21. The van der Waals surface area contributed by atoms with Crippen molar-refractivity contribution in [3.8, 4) is 0 Å². The largest absolute Gasteiger partial charge is 0.382 e. The molecule has 0 atom stereocenters. The van der Waals surface area contributed by atoms with Gasteiger partial charge in [-0.15, -0.1) is 0 Å². The van der Waals surface area contributed by atoms with Gasteiger partial charge in [0.25, 0.3) is 0 Å². The molecule has 0 heterocycles. The van der Waals surface area contributed by atoms with Crippen molar-refractivity contribution < 1.29 is 4.74 Å². The normalized spacial score (nSPS) is 11.5. The van der Waals surface area contributed by atoms with Crippen LogP contribution in [0.25, 0.3) is 0 Å². The van der Waals surface area contributed by atoms with Gasteiger partial charge in [-0.25, -0.2) is 4.99 Å². The van der Waals surface area contributed by atoms with Crippen molar-refractivity contribution in [2.75, 3.05) is 26.3 Å². The molecule has 1 aromatic rings. The van der Waals surface area contributed by atoms with Gasteiger partial charge in [0.05, 0.1) is 6.54 Å². The van der Waals surface area contributed by atoms with E-state index in [9.17, 15) is 0 Å². The molecule has 0 aliphatic heterocycles. The molecule has 0 aromatic heterocycles. The Kier molecular flexibility index (Phi) is 9.29. The summed E-state index contributed by atoms with van der Waals surface area (Å²) in [6.45, 7) is 10.3. The minimum Gasteiger partial charge on any atom is -0.382 e. The molecule has 2 N–H and O–H groups in total. The molecule has 4 heteroatoms. The lowest BCUT2D eigenvalue weighted by Crippen LogP contribution is -2.38. The van der Waals surface area contributed by atoms with Crippen LogP contribution in [0.5, 0.6) is 0 Å². The second-order valence-corrected chi connectivity index (χ2v) is 4.79. The number of nitrogens with one attached hydrogen (secondary N) is 2. The van der Waals surface area contributed by atoms with Crippen LogP contribution in [0, 0.1) is 0 Å². The van der Waals surface area contributed by atoms with Gasteiger partial charge in [-0.2, -0.15) is 0 Å². The molecule has 1 aromatic carbocycles. The summed E-state index contributed by atoms with van der Waals surface area (Å²) in [6.07, 6.45) is 2.04. The van der Waals surface area contributed by atoms with Gasteiger partial charge < -0.3 is 15.4 Å². The fourth-order valence-corrected chi connectivity index (χ4v) is 2.09. The topological polar surface area (TPSA) is 45.7 Å². The van der Waals surface area contributed by atoms with Crippen LogP contribution < -0.4 is 10.6 Å². The Labute approximate surface area is 129 Å². The molecule has 118 valence electrons. The molecule has 0 unspecified atom stereocenters. The smallest absolute Gasteiger partial charge is 0.191 e. The van der Waals surface area contributed by atoms with Gasteiger partial charge in [0, 0.05) is 26.3 Å². The molecule has 0 fully saturated rings.